The third-order valence-corrected chi connectivity index (χ3v) is 2.56. The molecule has 9 heavy (non-hydrogen) atoms. The van der Waals surface area contributed by atoms with Gasteiger partial charge in [-0.25, -0.2) is 0 Å². The Morgan fingerprint density at radius 1 is 1.22 bits per heavy atom. The third-order valence-electron chi connectivity index (χ3n) is 2.56. The molecule has 0 unspecified atom stereocenters. The van der Waals surface area contributed by atoms with Gasteiger partial charge in [-0.2, -0.15) is 0 Å². The number of rotatable bonds is 3. The maximum absolute atomic E-state index is 2.32. The molecular weight excluding hydrogens is 108 g/mol. The summed E-state index contributed by atoms with van der Waals surface area (Å²) in [6, 6.07) is 0. The molecule has 0 aliphatic heterocycles. The van der Waals surface area contributed by atoms with Gasteiger partial charge < -0.3 is 0 Å². The standard InChI is InChI=1S/C9H16/c1-4-8(5-2)9(3)6-7-9/h6-8H,4-5H2,1-3H3. The lowest BCUT2D eigenvalue weighted by Gasteiger charge is -2.20. The highest BCUT2D eigenvalue weighted by Gasteiger charge is 2.34. The van der Waals surface area contributed by atoms with Crippen LogP contribution in [-0.2, 0) is 0 Å². The first-order valence-electron chi connectivity index (χ1n) is 3.93. The smallest absolute Gasteiger partial charge is 0.00613 e. The number of hydrogen-bond acceptors (Lipinski definition) is 0. The predicted octanol–water partition coefficient (Wildman–Crippen LogP) is 3.00. The SMILES string of the molecule is CCC(CC)C1(C)C=C1. The van der Waals surface area contributed by atoms with Gasteiger partial charge in [0.2, 0.25) is 0 Å². The molecule has 0 heteroatoms. The number of hydrogen-bond donors (Lipinski definition) is 0. The van der Waals surface area contributed by atoms with Crippen LogP contribution >= 0.6 is 0 Å². The largest absolute Gasteiger partial charge is 0.0777 e. The first-order chi connectivity index (χ1) is 4.23. The quantitative estimate of drug-likeness (QED) is 0.507. The Labute approximate surface area is 58.0 Å². The van der Waals surface area contributed by atoms with Crippen LogP contribution in [0, 0.1) is 11.3 Å². The van der Waals surface area contributed by atoms with Crippen molar-refractivity contribution >= 4 is 0 Å². The van der Waals surface area contributed by atoms with E-state index in [1.165, 1.54) is 12.8 Å². The van der Waals surface area contributed by atoms with Gasteiger partial charge in [0.15, 0.2) is 0 Å². The van der Waals surface area contributed by atoms with Crippen molar-refractivity contribution in [1.29, 1.82) is 0 Å². The van der Waals surface area contributed by atoms with Crippen LogP contribution in [0.3, 0.4) is 0 Å². The van der Waals surface area contributed by atoms with Gasteiger partial charge in [0.1, 0.15) is 0 Å². The van der Waals surface area contributed by atoms with Crippen LogP contribution in [0.4, 0.5) is 0 Å². The highest BCUT2D eigenvalue weighted by Crippen LogP contribution is 2.44. The summed E-state index contributed by atoms with van der Waals surface area (Å²) >= 11 is 0. The second-order valence-corrected chi connectivity index (χ2v) is 3.21. The highest BCUT2D eigenvalue weighted by atomic mass is 14.4. The minimum Gasteiger partial charge on any atom is -0.0777 e. The molecule has 0 saturated heterocycles. The van der Waals surface area contributed by atoms with E-state index in [4.69, 9.17) is 0 Å². The summed E-state index contributed by atoms with van der Waals surface area (Å²) in [6.07, 6.45) is 7.29. The molecule has 0 fully saturated rings. The van der Waals surface area contributed by atoms with E-state index < -0.39 is 0 Å². The first-order valence-corrected chi connectivity index (χ1v) is 3.93. The van der Waals surface area contributed by atoms with E-state index in [9.17, 15) is 0 Å². The van der Waals surface area contributed by atoms with Crippen LogP contribution in [0.15, 0.2) is 12.2 Å². The Hall–Kier alpha value is -0.260. The molecule has 0 saturated carbocycles. The molecule has 0 aromatic rings. The zero-order valence-electron chi connectivity index (χ0n) is 6.65. The van der Waals surface area contributed by atoms with Crippen molar-refractivity contribution in [3.63, 3.8) is 0 Å². The second kappa shape index (κ2) is 2.17. The molecule has 0 spiro atoms. The summed E-state index contributed by atoms with van der Waals surface area (Å²) in [7, 11) is 0. The van der Waals surface area contributed by atoms with Gasteiger partial charge in [-0.05, 0) is 5.92 Å². The normalized spacial score (nSPS) is 20.9. The monoisotopic (exact) mass is 124 g/mol. The predicted molar refractivity (Wildman–Crippen MR) is 41.3 cm³/mol. The van der Waals surface area contributed by atoms with Crippen molar-refractivity contribution in [2.24, 2.45) is 11.3 Å². The van der Waals surface area contributed by atoms with Crippen molar-refractivity contribution in [1.82, 2.24) is 0 Å². The highest BCUT2D eigenvalue weighted by molar-refractivity contribution is 5.25. The van der Waals surface area contributed by atoms with E-state index in [1.807, 2.05) is 0 Å². The molecule has 0 bridgehead atoms. The molecule has 0 nitrogen and oxygen atoms in total. The molecule has 1 rings (SSSR count). The van der Waals surface area contributed by atoms with Gasteiger partial charge in [0.25, 0.3) is 0 Å². The molecule has 52 valence electrons. The summed E-state index contributed by atoms with van der Waals surface area (Å²) < 4.78 is 0. The van der Waals surface area contributed by atoms with Crippen LogP contribution in [-0.4, -0.2) is 0 Å². The Kier molecular flexibility index (Phi) is 1.65. The van der Waals surface area contributed by atoms with Crippen molar-refractivity contribution in [3.8, 4) is 0 Å². The molecule has 1 aliphatic carbocycles. The summed E-state index contributed by atoms with van der Waals surface area (Å²) in [5.41, 5.74) is 0.517. The lowest BCUT2D eigenvalue weighted by molar-refractivity contribution is 0.348. The van der Waals surface area contributed by atoms with Crippen LogP contribution in [0.1, 0.15) is 33.6 Å². The zero-order chi connectivity index (χ0) is 6.91. The van der Waals surface area contributed by atoms with Crippen LogP contribution in [0.2, 0.25) is 0 Å². The second-order valence-electron chi connectivity index (χ2n) is 3.21. The topological polar surface area (TPSA) is 0 Å². The van der Waals surface area contributed by atoms with E-state index in [-0.39, 0.29) is 0 Å². The van der Waals surface area contributed by atoms with Crippen LogP contribution in [0.25, 0.3) is 0 Å². The Bertz CT molecular complexity index is 112. The number of allylic oxidation sites excluding steroid dienone is 2. The fourth-order valence-electron chi connectivity index (χ4n) is 1.57. The summed E-state index contributed by atoms with van der Waals surface area (Å²) in [5, 5.41) is 0. The molecule has 0 aromatic carbocycles. The van der Waals surface area contributed by atoms with Crippen LogP contribution in [0.5, 0.6) is 0 Å². The first kappa shape index (κ1) is 6.85. The molecule has 0 N–H and O–H groups in total. The van der Waals surface area contributed by atoms with Gasteiger partial charge in [0.05, 0.1) is 0 Å². The Morgan fingerprint density at radius 2 is 1.67 bits per heavy atom. The molecule has 1 aliphatic rings. The fourth-order valence-corrected chi connectivity index (χ4v) is 1.57. The van der Waals surface area contributed by atoms with Crippen molar-refractivity contribution in [3.05, 3.63) is 12.2 Å². The molecule has 0 radical (unpaired) electrons. The van der Waals surface area contributed by atoms with Gasteiger partial charge >= 0.3 is 0 Å². The van der Waals surface area contributed by atoms with Gasteiger partial charge in [-0.15, -0.1) is 0 Å². The van der Waals surface area contributed by atoms with Crippen molar-refractivity contribution in [2.75, 3.05) is 0 Å². The minimum atomic E-state index is 0.517. The molecule has 0 amide bonds. The van der Waals surface area contributed by atoms with Crippen molar-refractivity contribution < 1.29 is 0 Å². The van der Waals surface area contributed by atoms with Gasteiger partial charge in [0, 0.05) is 5.41 Å². The Morgan fingerprint density at radius 3 is 1.78 bits per heavy atom. The zero-order valence-corrected chi connectivity index (χ0v) is 6.65. The summed E-state index contributed by atoms with van der Waals surface area (Å²) in [4.78, 5) is 0. The van der Waals surface area contributed by atoms with E-state index in [0.717, 1.165) is 5.92 Å². The molecule has 0 heterocycles. The average Bonchev–Trinajstić information content (AvgIpc) is 2.52. The van der Waals surface area contributed by atoms with Gasteiger partial charge in [-0.1, -0.05) is 45.8 Å². The van der Waals surface area contributed by atoms with E-state index in [2.05, 4.69) is 32.9 Å². The maximum atomic E-state index is 2.32. The maximum Gasteiger partial charge on any atom is 0.00613 e. The molecule has 0 aromatic heterocycles. The van der Waals surface area contributed by atoms with Crippen LogP contribution < -0.4 is 0 Å². The third kappa shape index (κ3) is 1.17. The molecule has 0 atom stereocenters. The minimum absolute atomic E-state index is 0.517. The van der Waals surface area contributed by atoms with E-state index in [1.54, 1.807) is 0 Å². The van der Waals surface area contributed by atoms with E-state index >= 15 is 0 Å². The lowest BCUT2D eigenvalue weighted by Crippen LogP contribution is -2.11. The summed E-state index contributed by atoms with van der Waals surface area (Å²) in [5.74, 6) is 0.900. The summed E-state index contributed by atoms with van der Waals surface area (Å²) in [6.45, 7) is 6.88. The fraction of sp³-hybridized carbons (Fsp3) is 0.778. The lowest BCUT2D eigenvalue weighted by atomic mass is 9.85. The molecular formula is C9H16. The van der Waals surface area contributed by atoms with Crippen molar-refractivity contribution in [2.45, 2.75) is 33.6 Å². The Balaban J connectivity index is 2.38. The average molecular weight is 124 g/mol. The van der Waals surface area contributed by atoms with E-state index in [0.29, 0.717) is 5.41 Å². The van der Waals surface area contributed by atoms with Gasteiger partial charge in [-0.3, -0.25) is 0 Å².